The van der Waals surface area contributed by atoms with E-state index in [1.54, 1.807) is 33.1 Å². The van der Waals surface area contributed by atoms with Gasteiger partial charge in [-0.05, 0) is 91.6 Å². The van der Waals surface area contributed by atoms with Crippen LogP contribution in [0.15, 0.2) is 63.8 Å². The highest BCUT2D eigenvalue weighted by molar-refractivity contribution is 9.10. The number of hydroxylamine groups is 2. The van der Waals surface area contributed by atoms with E-state index in [4.69, 9.17) is 38.6 Å². The van der Waals surface area contributed by atoms with E-state index in [9.17, 15) is 0 Å². The largest absolute Gasteiger partial charge is 0.480 e. The first kappa shape index (κ1) is 38.3. The van der Waals surface area contributed by atoms with Gasteiger partial charge in [0.1, 0.15) is 17.1 Å². The Hall–Kier alpha value is -4.42. The topological polar surface area (TPSA) is 176 Å². The minimum absolute atomic E-state index is 0.124. The lowest BCUT2D eigenvalue weighted by Crippen LogP contribution is -2.40. The monoisotopic (exact) mass is 794 g/mol. The number of halogens is 1. The number of aryl methyl sites for hydroxylation is 2. The molecule has 3 N–H and O–H groups in total. The molecule has 4 aliphatic heterocycles. The highest BCUT2D eigenvalue weighted by atomic mass is 79.9. The molecule has 2 unspecified atom stereocenters. The second kappa shape index (κ2) is 19.1. The van der Waals surface area contributed by atoms with Gasteiger partial charge in [0.15, 0.2) is 11.7 Å². The van der Waals surface area contributed by atoms with Crippen LogP contribution >= 0.6 is 15.9 Å². The van der Waals surface area contributed by atoms with Crippen molar-refractivity contribution in [1.29, 1.82) is 0 Å². The van der Waals surface area contributed by atoms with E-state index in [-0.39, 0.29) is 12.1 Å². The van der Waals surface area contributed by atoms with E-state index in [2.05, 4.69) is 51.8 Å². The summed E-state index contributed by atoms with van der Waals surface area (Å²) in [5.41, 5.74) is 10.0. The Morgan fingerprint density at radius 2 is 1.34 bits per heavy atom. The van der Waals surface area contributed by atoms with Crippen molar-refractivity contribution in [2.45, 2.75) is 51.6 Å². The number of amidine groups is 2. The van der Waals surface area contributed by atoms with Crippen LogP contribution in [-0.2, 0) is 19.1 Å². The van der Waals surface area contributed by atoms with E-state index in [0.717, 1.165) is 73.7 Å². The maximum Gasteiger partial charge on any atom is 0.238 e. The molecule has 53 heavy (non-hydrogen) atoms. The number of aromatic amines is 1. The molecule has 16 nitrogen and oxygen atoms in total. The molecule has 17 heteroatoms. The van der Waals surface area contributed by atoms with Crippen LogP contribution in [-0.4, -0.2) is 107 Å². The smallest absolute Gasteiger partial charge is 0.238 e. The molecule has 0 saturated carbocycles. The zero-order valence-corrected chi connectivity index (χ0v) is 32.0. The number of imidazole rings is 2. The maximum absolute atomic E-state index is 5.58. The van der Waals surface area contributed by atoms with Crippen LogP contribution < -0.4 is 20.4 Å². The van der Waals surface area contributed by atoms with Gasteiger partial charge in [-0.25, -0.2) is 30.9 Å². The second-order valence-electron chi connectivity index (χ2n) is 12.9. The highest BCUT2D eigenvalue weighted by Gasteiger charge is 2.29. The number of nitrogens with one attached hydrogen (secondary N) is 3. The first-order valence-corrected chi connectivity index (χ1v) is 18.5. The Balaban J connectivity index is 0.000000159. The lowest BCUT2D eigenvalue weighted by atomic mass is 9.92. The van der Waals surface area contributed by atoms with Crippen LogP contribution in [0.1, 0.15) is 48.5 Å². The molecule has 0 aromatic carbocycles. The predicted octanol–water partition coefficient (Wildman–Crippen LogP) is 4.31. The summed E-state index contributed by atoms with van der Waals surface area (Å²) in [5.74, 6) is 3.33. The van der Waals surface area contributed by atoms with Gasteiger partial charge in [-0.3, -0.25) is 19.7 Å². The molecule has 4 aromatic heterocycles. The van der Waals surface area contributed by atoms with Crippen molar-refractivity contribution in [3.05, 3.63) is 76.6 Å². The van der Waals surface area contributed by atoms with E-state index < -0.39 is 0 Å². The Morgan fingerprint density at radius 1 is 0.774 bits per heavy atom. The van der Waals surface area contributed by atoms with Crippen LogP contribution in [0, 0.1) is 25.7 Å². The van der Waals surface area contributed by atoms with Crippen LogP contribution in [0.25, 0.3) is 5.69 Å². The molecule has 4 aliphatic rings. The number of aromatic nitrogens is 6. The van der Waals surface area contributed by atoms with Gasteiger partial charge in [0.25, 0.3) is 0 Å². The zero-order valence-electron chi connectivity index (χ0n) is 30.5. The highest BCUT2D eigenvalue weighted by Crippen LogP contribution is 2.27. The first-order valence-electron chi connectivity index (χ1n) is 17.7. The van der Waals surface area contributed by atoms with Gasteiger partial charge >= 0.3 is 0 Å². The first-order chi connectivity index (χ1) is 25.9. The minimum Gasteiger partial charge on any atom is -0.480 e. The fourth-order valence-corrected chi connectivity index (χ4v) is 6.64. The molecule has 2 fully saturated rings. The van der Waals surface area contributed by atoms with Crippen LogP contribution in [0.3, 0.4) is 0 Å². The van der Waals surface area contributed by atoms with Crippen molar-refractivity contribution in [1.82, 2.24) is 40.4 Å². The normalized spacial score (nSPS) is 20.6. The summed E-state index contributed by atoms with van der Waals surface area (Å²) in [4.78, 5) is 40.6. The molecule has 4 aromatic rings. The van der Waals surface area contributed by atoms with Gasteiger partial charge in [0.05, 0.1) is 62.3 Å². The van der Waals surface area contributed by atoms with Crippen molar-refractivity contribution in [2.75, 3.05) is 53.9 Å². The maximum atomic E-state index is 5.58. The number of pyridine rings is 2. The lowest BCUT2D eigenvalue weighted by Gasteiger charge is -2.30. The number of aliphatic imine (C=N–C) groups is 2. The van der Waals surface area contributed by atoms with Gasteiger partial charge in [-0.2, -0.15) is 0 Å². The number of hydrogen-bond donors (Lipinski definition) is 3. The summed E-state index contributed by atoms with van der Waals surface area (Å²) in [7, 11) is 3.20. The van der Waals surface area contributed by atoms with Gasteiger partial charge in [-0.1, -0.05) is 0 Å². The fourth-order valence-electron chi connectivity index (χ4n) is 6.26. The van der Waals surface area contributed by atoms with Crippen molar-refractivity contribution >= 4 is 27.6 Å². The summed E-state index contributed by atoms with van der Waals surface area (Å²) in [6.45, 7) is 8.27. The van der Waals surface area contributed by atoms with Crippen molar-refractivity contribution < 1.29 is 28.6 Å². The number of methoxy groups -OCH3 is 2. The molecular weight excluding hydrogens is 748 g/mol. The molecular formula is C36H47BrN10O6. The van der Waals surface area contributed by atoms with Crippen molar-refractivity contribution in [3.63, 3.8) is 0 Å². The number of hydrogen-bond acceptors (Lipinski definition) is 14. The average Bonchev–Trinajstić information content (AvgIpc) is 3.89. The molecule has 2 atom stereocenters. The summed E-state index contributed by atoms with van der Waals surface area (Å²) in [6.07, 6.45) is 11.2. The van der Waals surface area contributed by atoms with Gasteiger partial charge in [0.2, 0.25) is 11.8 Å². The van der Waals surface area contributed by atoms with Crippen LogP contribution in [0.4, 0.5) is 0 Å². The Bertz CT molecular complexity index is 1810. The summed E-state index contributed by atoms with van der Waals surface area (Å²) < 4.78 is 24.3. The van der Waals surface area contributed by atoms with Crippen molar-refractivity contribution in [3.8, 4) is 17.4 Å². The summed E-state index contributed by atoms with van der Waals surface area (Å²) in [5, 5.41) is 0. The molecule has 8 rings (SSSR count). The molecule has 0 radical (unpaired) electrons. The van der Waals surface area contributed by atoms with Crippen LogP contribution in [0.2, 0.25) is 0 Å². The van der Waals surface area contributed by atoms with Gasteiger partial charge in [-0.15, -0.1) is 0 Å². The second-order valence-corrected chi connectivity index (χ2v) is 13.7. The molecule has 0 amide bonds. The van der Waals surface area contributed by atoms with E-state index in [0.29, 0.717) is 59.9 Å². The summed E-state index contributed by atoms with van der Waals surface area (Å²) >= 11 is 3.40. The van der Waals surface area contributed by atoms with Crippen LogP contribution in [0.5, 0.6) is 11.8 Å². The number of rotatable bonds is 7. The minimum atomic E-state index is 0.124. The molecule has 0 spiro atoms. The third-order valence-electron chi connectivity index (χ3n) is 9.21. The van der Waals surface area contributed by atoms with E-state index in [1.807, 2.05) is 48.9 Å². The SMILES string of the molecule is COc1nc(C2=NC(C3CCOCC3)CON2)ccc1-n1cnc(C)c1.COc1nc(C2=NC(C3CCOCC3)CON2)ccc1Br.Cc1cnc[nH]1. The van der Waals surface area contributed by atoms with E-state index >= 15 is 0 Å². The molecule has 284 valence electrons. The third kappa shape index (κ3) is 10.4. The van der Waals surface area contributed by atoms with Gasteiger partial charge in [0, 0.05) is 44.5 Å². The summed E-state index contributed by atoms with van der Waals surface area (Å²) in [6, 6.07) is 7.91. The fraction of sp³-hybridized carbons (Fsp3) is 0.500. The molecule has 0 aliphatic carbocycles. The average molecular weight is 796 g/mol. The Morgan fingerprint density at radius 3 is 1.81 bits per heavy atom. The quantitative estimate of drug-likeness (QED) is 0.242. The predicted molar refractivity (Wildman–Crippen MR) is 200 cm³/mol. The number of H-pyrrole nitrogens is 1. The standard InChI is InChI=1S/C18H23N5O3.C14H18BrN3O3.C4H6N2/c1-12-9-23(11-19-12)16-4-3-14(21-18(16)24-2)17-20-15(10-26-22-17)13-5-7-25-8-6-13;1-19-14-10(15)2-3-11(17-14)13-16-12(8-21-18-13)9-4-6-20-7-5-9;1-4-2-5-3-6-4/h3-4,9,11,13,15H,5-8,10H2,1-2H3,(H,20,22);2-3,9,12H,4-8H2,1H3,(H,16,18);2-3H,1H3,(H,5,6). The lowest BCUT2D eigenvalue weighted by molar-refractivity contribution is 0.0145. The van der Waals surface area contributed by atoms with E-state index in [1.165, 1.54) is 0 Å². The van der Waals surface area contributed by atoms with Gasteiger partial charge < -0.3 is 28.5 Å². The Kier molecular flexibility index (Phi) is 13.8. The number of nitrogens with zero attached hydrogens (tertiary/aromatic N) is 7. The van der Waals surface area contributed by atoms with Crippen molar-refractivity contribution in [2.24, 2.45) is 21.8 Å². The Labute approximate surface area is 317 Å². The third-order valence-corrected chi connectivity index (χ3v) is 9.81. The molecule has 8 heterocycles. The molecule has 2 saturated heterocycles. The molecule has 0 bridgehead atoms. The zero-order chi connectivity index (χ0) is 37.0. The number of ether oxygens (including phenoxy) is 4.